The lowest BCUT2D eigenvalue weighted by Gasteiger charge is -2.20. The van der Waals surface area contributed by atoms with E-state index in [4.69, 9.17) is 5.26 Å². The average molecular weight is 264 g/mol. The van der Waals surface area contributed by atoms with Gasteiger partial charge in [-0.2, -0.15) is 5.26 Å². The first kappa shape index (κ1) is 15.1. The Kier molecular flexibility index (Phi) is 5.46. The summed E-state index contributed by atoms with van der Waals surface area (Å²) in [5, 5.41) is 18.3. The third-order valence-electron chi connectivity index (χ3n) is 2.83. The van der Waals surface area contributed by atoms with Crippen LogP contribution in [0.1, 0.15) is 24.2 Å². The molecule has 0 saturated heterocycles. The number of ketones is 1. The number of phenols is 1. The second-order valence-electron chi connectivity index (χ2n) is 4.44. The van der Waals surface area contributed by atoms with Gasteiger partial charge >= 0.3 is 0 Å². The van der Waals surface area contributed by atoms with Gasteiger partial charge in [0.1, 0.15) is 11.6 Å². The maximum atomic E-state index is 13.1. The number of hydrogen-bond acceptors (Lipinski definition) is 4. The number of carbonyl (C=O) groups excluding carboxylic acids is 1. The molecule has 0 radical (unpaired) electrons. The summed E-state index contributed by atoms with van der Waals surface area (Å²) in [5.74, 6) is -1.33. The number of benzene rings is 1. The van der Waals surface area contributed by atoms with Crippen molar-refractivity contribution in [2.45, 2.75) is 13.8 Å². The van der Waals surface area contributed by atoms with E-state index in [9.17, 15) is 14.3 Å². The summed E-state index contributed by atoms with van der Waals surface area (Å²) in [7, 11) is 0. The van der Waals surface area contributed by atoms with Crippen LogP contribution in [0.2, 0.25) is 0 Å². The average Bonchev–Trinajstić information content (AvgIpc) is 2.40. The summed E-state index contributed by atoms with van der Waals surface area (Å²) in [6.07, 6.45) is 0. The van der Waals surface area contributed by atoms with Crippen molar-refractivity contribution >= 4 is 5.78 Å². The molecule has 1 unspecified atom stereocenters. The van der Waals surface area contributed by atoms with Gasteiger partial charge in [0.25, 0.3) is 0 Å². The number of Topliss-reactive ketones (excluding diaryl/α,β-unsaturated/α-hetero) is 1. The van der Waals surface area contributed by atoms with Gasteiger partial charge in [-0.25, -0.2) is 4.39 Å². The molecule has 19 heavy (non-hydrogen) atoms. The lowest BCUT2D eigenvalue weighted by Crippen LogP contribution is -2.33. The standard InChI is InChI=1S/C14H17FN2O2/c1-3-17(8-10(2)7-16)9-14(19)12-6-11(15)4-5-13(12)18/h4-6,10,18H,3,8-9H2,1-2H3. The molecule has 1 rings (SSSR count). The van der Waals surface area contributed by atoms with Crippen molar-refractivity contribution in [2.24, 2.45) is 5.92 Å². The van der Waals surface area contributed by atoms with Crippen LogP contribution < -0.4 is 0 Å². The topological polar surface area (TPSA) is 64.3 Å². The third kappa shape index (κ3) is 4.34. The predicted molar refractivity (Wildman–Crippen MR) is 69.3 cm³/mol. The summed E-state index contributed by atoms with van der Waals surface area (Å²) in [4.78, 5) is 13.8. The van der Waals surface area contributed by atoms with E-state index >= 15 is 0 Å². The molecule has 1 N–H and O–H groups in total. The summed E-state index contributed by atoms with van der Waals surface area (Å²) < 4.78 is 13.1. The first-order valence-electron chi connectivity index (χ1n) is 6.11. The van der Waals surface area contributed by atoms with E-state index in [1.165, 1.54) is 0 Å². The molecule has 102 valence electrons. The Morgan fingerprint density at radius 3 is 2.84 bits per heavy atom. The fraction of sp³-hybridized carbons (Fsp3) is 0.429. The van der Waals surface area contributed by atoms with Gasteiger partial charge < -0.3 is 5.11 Å². The highest BCUT2D eigenvalue weighted by Crippen LogP contribution is 2.18. The van der Waals surface area contributed by atoms with Gasteiger partial charge in [-0.3, -0.25) is 9.69 Å². The van der Waals surface area contributed by atoms with Crippen molar-refractivity contribution in [2.75, 3.05) is 19.6 Å². The van der Waals surface area contributed by atoms with Gasteiger partial charge in [0.05, 0.1) is 24.1 Å². The lowest BCUT2D eigenvalue weighted by atomic mass is 10.1. The van der Waals surface area contributed by atoms with Gasteiger partial charge in [-0.1, -0.05) is 6.92 Å². The molecule has 1 aromatic rings. The molecule has 0 aliphatic rings. The highest BCUT2D eigenvalue weighted by Gasteiger charge is 2.17. The second-order valence-corrected chi connectivity index (χ2v) is 4.44. The Labute approximate surface area is 112 Å². The first-order chi connectivity index (χ1) is 8.97. The number of likely N-dealkylation sites (N-methyl/N-ethyl adjacent to an activating group) is 1. The van der Waals surface area contributed by atoms with Gasteiger partial charge in [0.2, 0.25) is 0 Å². The zero-order valence-corrected chi connectivity index (χ0v) is 11.1. The van der Waals surface area contributed by atoms with Gasteiger partial charge in [0, 0.05) is 6.54 Å². The molecular formula is C14H17FN2O2. The minimum absolute atomic E-state index is 0.0249. The number of hydrogen-bond donors (Lipinski definition) is 1. The number of nitriles is 1. The Hall–Kier alpha value is -1.93. The van der Waals surface area contributed by atoms with Crippen molar-refractivity contribution in [3.8, 4) is 11.8 Å². The molecule has 0 aromatic heterocycles. The second kappa shape index (κ2) is 6.86. The van der Waals surface area contributed by atoms with E-state index in [1.54, 1.807) is 11.8 Å². The van der Waals surface area contributed by atoms with Crippen LogP contribution in [0.25, 0.3) is 0 Å². The molecule has 0 saturated carbocycles. The van der Waals surface area contributed by atoms with Crippen LogP contribution in [0.3, 0.4) is 0 Å². The fourth-order valence-corrected chi connectivity index (χ4v) is 1.75. The maximum absolute atomic E-state index is 13.1. The minimum atomic E-state index is -0.561. The molecule has 0 fully saturated rings. The highest BCUT2D eigenvalue weighted by molar-refractivity contribution is 6.00. The molecule has 0 spiro atoms. The molecular weight excluding hydrogens is 247 g/mol. The molecule has 0 amide bonds. The number of phenolic OH excluding ortho intramolecular Hbond substituents is 1. The number of nitrogens with zero attached hydrogens (tertiary/aromatic N) is 2. The molecule has 4 nitrogen and oxygen atoms in total. The quantitative estimate of drug-likeness (QED) is 0.800. The van der Waals surface area contributed by atoms with Crippen molar-refractivity contribution in [3.63, 3.8) is 0 Å². The van der Waals surface area contributed by atoms with Crippen LogP contribution in [0, 0.1) is 23.1 Å². The molecule has 1 atom stereocenters. The van der Waals surface area contributed by atoms with E-state index in [0.717, 1.165) is 18.2 Å². The van der Waals surface area contributed by atoms with Crippen LogP contribution in [-0.2, 0) is 0 Å². The van der Waals surface area contributed by atoms with Gasteiger partial charge in [-0.05, 0) is 31.7 Å². The third-order valence-corrected chi connectivity index (χ3v) is 2.83. The molecule has 1 aromatic carbocycles. The summed E-state index contributed by atoms with van der Waals surface area (Å²) >= 11 is 0. The number of rotatable bonds is 6. The lowest BCUT2D eigenvalue weighted by molar-refractivity contribution is 0.0926. The van der Waals surface area contributed by atoms with Crippen LogP contribution in [0.5, 0.6) is 5.75 Å². The Bertz CT molecular complexity index is 497. The van der Waals surface area contributed by atoms with Gasteiger partial charge in [0.15, 0.2) is 5.78 Å². The molecule has 0 aliphatic heterocycles. The summed E-state index contributed by atoms with van der Waals surface area (Å²) in [6, 6.07) is 5.39. The van der Waals surface area contributed by atoms with Crippen LogP contribution in [-0.4, -0.2) is 35.4 Å². The zero-order chi connectivity index (χ0) is 14.4. The van der Waals surface area contributed by atoms with Gasteiger partial charge in [-0.15, -0.1) is 0 Å². The van der Waals surface area contributed by atoms with Crippen molar-refractivity contribution in [3.05, 3.63) is 29.6 Å². The molecule has 0 aliphatic carbocycles. The van der Waals surface area contributed by atoms with Crippen molar-refractivity contribution in [1.82, 2.24) is 4.90 Å². The first-order valence-corrected chi connectivity index (χ1v) is 6.11. The molecule has 5 heteroatoms. The Balaban J connectivity index is 2.77. The normalized spacial score (nSPS) is 12.2. The monoisotopic (exact) mass is 264 g/mol. The minimum Gasteiger partial charge on any atom is -0.507 e. The Morgan fingerprint density at radius 1 is 1.58 bits per heavy atom. The SMILES string of the molecule is CCN(CC(=O)c1cc(F)ccc1O)CC(C)C#N. The fourth-order valence-electron chi connectivity index (χ4n) is 1.75. The van der Waals surface area contributed by atoms with Crippen LogP contribution >= 0.6 is 0 Å². The van der Waals surface area contributed by atoms with Crippen molar-refractivity contribution in [1.29, 1.82) is 5.26 Å². The van der Waals surface area contributed by atoms with Crippen LogP contribution in [0.15, 0.2) is 18.2 Å². The largest absolute Gasteiger partial charge is 0.507 e. The van der Waals surface area contributed by atoms with E-state index < -0.39 is 5.82 Å². The number of carbonyl (C=O) groups is 1. The smallest absolute Gasteiger partial charge is 0.180 e. The van der Waals surface area contributed by atoms with Crippen molar-refractivity contribution < 1.29 is 14.3 Å². The van der Waals surface area contributed by atoms with E-state index in [0.29, 0.717) is 13.1 Å². The van der Waals surface area contributed by atoms with E-state index in [-0.39, 0.29) is 29.6 Å². The zero-order valence-electron chi connectivity index (χ0n) is 11.1. The maximum Gasteiger partial charge on any atom is 0.180 e. The van der Waals surface area contributed by atoms with E-state index in [1.807, 2.05) is 6.92 Å². The van der Waals surface area contributed by atoms with Crippen LogP contribution in [0.4, 0.5) is 4.39 Å². The van der Waals surface area contributed by atoms with E-state index in [2.05, 4.69) is 6.07 Å². The summed E-state index contributed by atoms with van der Waals surface area (Å²) in [5.41, 5.74) is -0.0249. The Morgan fingerprint density at radius 2 is 2.26 bits per heavy atom. The number of aromatic hydroxyl groups is 1. The molecule has 0 heterocycles. The predicted octanol–water partition coefficient (Wildman–Crippen LogP) is 2.20. The number of halogens is 1. The highest BCUT2D eigenvalue weighted by atomic mass is 19.1. The molecule has 0 bridgehead atoms. The summed E-state index contributed by atoms with van der Waals surface area (Å²) in [6.45, 7) is 4.78.